The normalized spacial score (nSPS) is 22.1. The average molecular weight is 340 g/mol. The van der Waals surface area contributed by atoms with Crippen molar-refractivity contribution in [3.63, 3.8) is 0 Å². The van der Waals surface area contributed by atoms with Gasteiger partial charge >= 0.3 is 0 Å². The second-order valence-corrected chi connectivity index (χ2v) is 6.72. The number of rotatable bonds is 2. The van der Waals surface area contributed by atoms with Crippen LogP contribution in [0.2, 0.25) is 0 Å². The van der Waals surface area contributed by atoms with Gasteiger partial charge in [-0.15, -0.1) is 0 Å². The van der Waals surface area contributed by atoms with Crippen molar-refractivity contribution in [2.24, 2.45) is 0 Å². The smallest absolute Gasteiger partial charge is 0.165 e. The summed E-state index contributed by atoms with van der Waals surface area (Å²) in [6.45, 7) is 6.84. The van der Waals surface area contributed by atoms with E-state index in [1.807, 2.05) is 0 Å². The molecule has 1 fully saturated rings. The zero-order chi connectivity index (χ0) is 14.1. The highest BCUT2D eigenvalue weighted by molar-refractivity contribution is 9.10. The Morgan fingerprint density at radius 3 is 2.75 bits per heavy atom. The lowest BCUT2D eigenvalue weighted by Gasteiger charge is -2.31. The van der Waals surface area contributed by atoms with E-state index in [-0.39, 0.29) is 0 Å². The van der Waals surface area contributed by atoms with E-state index >= 15 is 0 Å². The second kappa shape index (κ2) is 5.94. The number of ether oxygens (including phenoxy) is 2. The van der Waals surface area contributed by atoms with Gasteiger partial charge in [-0.05, 0) is 36.9 Å². The van der Waals surface area contributed by atoms with Crippen LogP contribution in [-0.2, 0) is 0 Å². The molecule has 0 bridgehead atoms. The first-order chi connectivity index (χ1) is 9.68. The van der Waals surface area contributed by atoms with Crippen LogP contribution in [0.1, 0.15) is 56.2 Å². The number of hydrogen-bond donors (Lipinski definition) is 1. The summed E-state index contributed by atoms with van der Waals surface area (Å²) in [5.74, 6) is 2.25. The van der Waals surface area contributed by atoms with E-state index in [0.29, 0.717) is 25.2 Å². The van der Waals surface area contributed by atoms with Gasteiger partial charge in [0.25, 0.3) is 0 Å². The molecule has 0 saturated carbocycles. The number of nitrogens with one attached hydrogen (secondary N) is 1. The predicted octanol–water partition coefficient (Wildman–Crippen LogP) is 4.16. The van der Waals surface area contributed by atoms with E-state index in [2.05, 4.69) is 41.2 Å². The van der Waals surface area contributed by atoms with Crippen molar-refractivity contribution in [1.82, 2.24) is 5.32 Å². The molecule has 1 N–H and O–H groups in total. The largest absolute Gasteiger partial charge is 0.486 e. The van der Waals surface area contributed by atoms with Crippen LogP contribution >= 0.6 is 15.9 Å². The highest BCUT2D eigenvalue weighted by atomic mass is 79.9. The molecule has 1 aromatic rings. The molecule has 1 saturated heterocycles. The van der Waals surface area contributed by atoms with Crippen molar-refractivity contribution in [2.75, 3.05) is 19.8 Å². The van der Waals surface area contributed by atoms with Gasteiger partial charge in [-0.3, -0.25) is 0 Å². The Morgan fingerprint density at radius 2 is 2.05 bits per heavy atom. The van der Waals surface area contributed by atoms with Crippen LogP contribution in [0.15, 0.2) is 10.5 Å². The molecule has 0 amide bonds. The van der Waals surface area contributed by atoms with Crippen molar-refractivity contribution in [3.8, 4) is 11.5 Å². The molecule has 2 aliphatic heterocycles. The Bertz CT molecular complexity index is 496. The Labute approximate surface area is 129 Å². The minimum Gasteiger partial charge on any atom is -0.486 e. The molecule has 1 unspecified atom stereocenters. The number of piperidine rings is 1. The molecule has 2 aliphatic rings. The van der Waals surface area contributed by atoms with Crippen molar-refractivity contribution >= 4 is 15.9 Å². The van der Waals surface area contributed by atoms with Gasteiger partial charge in [-0.1, -0.05) is 36.2 Å². The lowest BCUT2D eigenvalue weighted by molar-refractivity contribution is 0.168. The summed E-state index contributed by atoms with van der Waals surface area (Å²) in [7, 11) is 0. The van der Waals surface area contributed by atoms with Crippen LogP contribution in [0.25, 0.3) is 0 Å². The standard InChI is InChI=1S/C16H22BrNO2/c1-10(2)14-15(12-5-3-4-6-18-12)11(17)9-13-16(14)20-8-7-19-13/h9-10,12,18H,3-8H2,1-2H3. The van der Waals surface area contributed by atoms with E-state index in [1.165, 1.54) is 30.4 Å². The van der Waals surface area contributed by atoms with Crippen molar-refractivity contribution < 1.29 is 9.47 Å². The molecule has 110 valence electrons. The van der Waals surface area contributed by atoms with Crippen LogP contribution in [0.4, 0.5) is 0 Å². The summed E-state index contributed by atoms with van der Waals surface area (Å²) in [5, 5.41) is 3.65. The monoisotopic (exact) mass is 339 g/mol. The predicted molar refractivity (Wildman–Crippen MR) is 83.8 cm³/mol. The lowest BCUT2D eigenvalue weighted by Crippen LogP contribution is -2.29. The van der Waals surface area contributed by atoms with Gasteiger partial charge in [0.2, 0.25) is 0 Å². The average Bonchev–Trinajstić information content (AvgIpc) is 2.46. The molecule has 4 heteroatoms. The highest BCUT2D eigenvalue weighted by Gasteiger charge is 2.28. The number of hydrogen-bond acceptors (Lipinski definition) is 3. The maximum Gasteiger partial charge on any atom is 0.165 e. The first-order valence-electron chi connectivity index (χ1n) is 7.53. The third-order valence-electron chi connectivity index (χ3n) is 4.10. The molecule has 0 radical (unpaired) electrons. The molecule has 2 heterocycles. The van der Waals surface area contributed by atoms with Gasteiger partial charge in [0.1, 0.15) is 13.2 Å². The summed E-state index contributed by atoms with van der Waals surface area (Å²) in [6, 6.07) is 2.50. The summed E-state index contributed by atoms with van der Waals surface area (Å²) >= 11 is 3.75. The van der Waals surface area contributed by atoms with Gasteiger partial charge in [-0.25, -0.2) is 0 Å². The molecule has 1 aromatic carbocycles. The molecule has 0 spiro atoms. The first kappa shape index (κ1) is 14.2. The molecule has 0 aromatic heterocycles. The van der Waals surface area contributed by atoms with E-state index in [9.17, 15) is 0 Å². The molecule has 20 heavy (non-hydrogen) atoms. The van der Waals surface area contributed by atoms with Gasteiger partial charge in [0, 0.05) is 16.1 Å². The topological polar surface area (TPSA) is 30.5 Å². The Balaban J connectivity index is 2.11. The highest BCUT2D eigenvalue weighted by Crippen LogP contribution is 2.46. The zero-order valence-electron chi connectivity index (χ0n) is 12.2. The van der Waals surface area contributed by atoms with Gasteiger partial charge in [0.05, 0.1) is 0 Å². The van der Waals surface area contributed by atoms with E-state index in [0.717, 1.165) is 22.5 Å². The summed E-state index contributed by atoms with van der Waals surface area (Å²) in [5.41, 5.74) is 2.66. The second-order valence-electron chi connectivity index (χ2n) is 5.87. The van der Waals surface area contributed by atoms with Crippen LogP contribution < -0.4 is 14.8 Å². The zero-order valence-corrected chi connectivity index (χ0v) is 13.8. The number of fused-ring (bicyclic) bond motifs is 1. The van der Waals surface area contributed by atoms with Gasteiger partial charge in [0.15, 0.2) is 11.5 Å². The first-order valence-corrected chi connectivity index (χ1v) is 8.33. The fraction of sp³-hybridized carbons (Fsp3) is 0.625. The maximum absolute atomic E-state index is 5.93. The molecule has 1 atom stereocenters. The molecular formula is C16H22BrNO2. The minimum atomic E-state index is 0.418. The lowest BCUT2D eigenvalue weighted by atomic mass is 9.88. The van der Waals surface area contributed by atoms with Crippen LogP contribution in [0.5, 0.6) is 11.5 Å². The molecule has 0 aliphatic carbocycles. The quantitative estimate of drug-likeness (QED) is 0.877. The fourth-order valence-electron chi connectivity index (χ4n) is 3.22. The minimum absolute atomic E-state index is 0.418. The van der Waals surface area contributed by atoms with E-state index in [1.54, 1.807) is 0 Å². The molecular weight excluding hydrogens is 318 g/mol. The number of halogens is 1. The summed E-state index contributed by atoms with van der Waals surface area (Å²) in [6.07, 6.45) is 3.75. The fourth-order valence-corrected chi connectivity index (χ4v) is 3.92. The van der Waals surface area contributed by atoms with Crippen LogP contribution in [-0.4, -0.2) is 19.8 Å². The van der Waals surface area contributed by atoms with Crippen LogP contribution in [0, 0.1) is 0 Å². The summed E-state index contributed by atoms with van der Waals surface area (Å²) < 4.78 is 12.8. The van der Waals surface area contributed by atoms with Crippen LogP contribution in [0.3, 0.4) is 0 Å². The molecule has 3 rings (SSSR count). The van der Waals surface area contributed by atoms with Gasteiger partial charge in [-0.2, -0.15) is 0 Å². The van der Waals surface area contributed by atoms with Gasteiger partial charge < -0.3 is 14.8 Å². The Morgan fingerprint density at radius 1 is 1.25 bits per heavy atom. The third kappa shape index (κ3) is 2.56. The SMILES string of the molecule is CC(C)c1c2c(cc(Br)c1C1CCCCN1)OCCO2. The third-order valence-corrected chi connectivity index (χ3v) is 4.75. The molecule has 3 nitrogen and oxygen atoms in total. The summed E-state index contributed by atoms with van der Waals surface area (Å²) in [4.78, 5) is 0. The van der Waals surface area contributed by atoms with Crippen molar-refractivity contribution in [2.45, 2.75) is 45.1 Å². The van der Waals surface area contributed by atoms with E-state index in [4.69, 9.17) is 9.47 Å². The van der Waals surface area contributed by atoms with Crippen molar-refractivity contribution in [1.29, 1.82) is 0 Å². The maximum atomic E-state index is 5.93. The Hall–Kier alpha value is -0.740. The van der Waals surface area contributed by atoms with Crippen molar-refractivity contribution in [3.05, 3.63) is 21.7 Å². The number of benzene rings is 1. The van der Waals surface area contributed by atoms with E-state index < -0.39 is 0 Å². The Kier molecular flexibility index (Phi) is 4.22.